The standard InChI is InChI=1S/C23H21N3O5/c1-29-19-9-15(10-20(30-2)21(19)31-3)16-8-17-18(11-25-23(17)26(28)12-16)13-4-6-14(7-5-13)22(24)27/h4-12,25H,1-3H3,(H2,24,27). The molecule has 0 saturated carbocycles. The molecule has 1 amide bonds. The summed E-state index contributed by atoms with van der Waals surface area (Å²) >= 11 is 0. The molecule has 8 heteroatoms. The molecule has 0 aliphatic rings. The number of hydrogen-bond acceptors (Lipinski definition) is 5. The fourth-order valence-electron chi connectivity index (χ4n) is 3.59. The molecule has 0 saturated heterocycles. The molecule has 0 aliphatic carbocycles. The number of ether oxygens (including phenoxy) is 3. The summed E-state index contributed by atoms with van der Waals surface area (Å²) in [5.41, 5.74) is 9.25. The number of benzene rings is 2. The van der Waals surface area contributed by atoms with Gasteiger partial charge in [-0.2, -0.15) is 0 Å². The van der Waals surface area contributed by atoms with Crippen molar-refractivity contribution in [1.29, 1.82) is 0 Å². The third-order valence-electron chi connectivity index (χ3n) is 5.15. The monoisotopic (exact) mass is 419 g/mol. The molecule has 2 heterocycles. The van der Waals surface area contributed by atoms with Crippen LogP contribution in [-0.4, -0.2) is 32.2 Å². The van der Waals surface area contributed by atoms with Crippen LogP contribution < -0.4 is 24.7 Å². The molecule has 2 aromatic carbocycles. The van der Waals surface area contributed by atoms with Crippen molar-refractivity contribution in [3.05, 3.63) is 65.6 Å². The fraction of sp³-hybridized carbons (Fsp3) is 0.130. The number of primary amides is 1. The number of nitrogens with two attached hydrogens (primary N) is 1. The number of fused-ring (bicyclic) bond motifs is 1. The Morgan fingerprint density at radius 3 is 2.13 bits per heavy atom. The molecule has 2 aromatic heterocycles. The van der Waals surface area contributed by atoms with Gasteiger partial charge in [0.2, 0.25) is 11.7 Å². The predicted octanol–water partition coefficient (Wildman–Crippen LogP) is 3.26. The smallest absolute Gasteiger partial charge is 0.290 e. The summed E-state index contributed by atoms with van der Waals surface area (Å²) < 4.78 is 17.0. The highest BCUT2D eigenvalue weighted by molar-refractivity contribution is 5.96. The molecule has 0 bridgehead atoms. The van der Waals surface area contributed by atoms with Crippen molar-refractivity contribution in [1.82, 2.24) is 4.98 Å². The molecule has 8 nitrogen and oxygen atoms in total. The van der Waals surface area contributed by atoms with Crippen molar-refractivity contribution >= 4 is 16.9 Å². The molecule has 158 valence electrons. The summed E-state index contributed by atoms with van der Waals surface area (Å²) in [6, 6.07) is 12.4. The summed E-state index contributed by atoms with van der Waals surface area (Å²) in [7, 11) is 4.61. The van der Waals surface area contributed by atoms with E-state index in [1.54, 1.807) is 42.6 Å². The van der Waals surface area contributed by atoms with Gasteiger partial charge in [0.05, 0.1) is 32.9 Å². The number of nitrogens with one attached hydrogen (secondary N) is 1. The number of pyridine rings is 1. The molecule has 4 aromatic rings. The first-order chi connectivity index (χ1) is 15.0. The maximum absolute atomic E-state index is 12.7. The van der Waals surface area contributed by atoms with Gasteiger partial charge in [0.1, 0.15) is 6.20 Å². The number of nitrogens with zero attached hydrogens (tertiary/aromatic N) is 1. The zero-order valence-corrected chi connectivity index (χ0v) is 17.3. The largest absolute Gasteiger partial charge is 0.711 e. The summed E-state index contributed by atoms with van der Waals surface area (Å²) in [4.78, 5) is 14.4. The lowest BCUT2D eigenvalue weighted by Crippen LogP contribution is -2.26. The molecular formula is C23H21N3O5. The van der Waals surface area contributed by atoms with E-state index < -0.39 is 5.91 Å². The Labute approximate surface area is 178 Å². The summed E-state index contributed by atoms with van der Waals surface area (Å²) in [5.74, 6) is 0.964. The first kappa shape index (κ1) is 20.1. The molecule has 31 heavy (non-hydrogen) atoms. The zero-order valence-electron chi connectivity index (χ0n) is 17.3. The van der Waals surface area contributed by atoms with Crippen LogP contribution in [0.2, 0.25) is 0 Å². The minimum absolute atomic E-state index is 0.417. The highest BCUT2D eigenvalue weighted by Crippen LogP contribution is 2.41. The lowest BCUT2D eigenvalue weighted by Gasteiger charge is -2.15. The Balaban J connectivity index is 1.88. The minimum Gasteiger partial charge on any atom is -0.711 e. The Kier molecular flexibility index (Phi) is 5.12. The fourth-order valence-corrected chi connectivity index (χ4v) is 3.59. The number of aromatic nitrogens is 2. The first-order valence-corrected chi connectivity index (χ1v) is 9.41. The van der Waals surface area contributed by atoms with E-state index in [1.165, 1.54) is 27.5 Å². The Hall–Kier alpha value is -4.20. The van der Waals surface area contributed by atoms with Gasteiger partial charge in [0.15, 0.2) is 11.5 Å². The lowest BCUT2D eigenvalue weighted by molar-refractivity contribution is -0.578. The van der Waals surface area contributed by atoms with Gasteiger partial charge in [-0.15, -0.1) is 0 Å². The number of aromatic amines is 1. The number of rotatable bonds is 6. The van der Waals surface area contributed by atoms with E-state index in [9.17, 15) is 10.0 Å². The lowest BCUT2D eigenvalue weighted by atomic mass is 10.0. The van der Waals surface area contributed by atoms with Crippen LogP contribution in [0.3, 0.4) is 0 Å². The van der Waals surface area contributed by atoms with Crippen molar-refractivity contribution < 1.29 is 23.7 Å². The van der Waals surface area contributed by atoms with E-state index in [0.717, 1.165) is 26.8 Å². The highest BCUT2D eigenvalue weighted by atomic mass is 16.5. The van der Waals surface area contributed by atoms with Crippen molar-refractivity contribution in [3.63, 3.8) is 0 Å². The van der Waals surface area contributed by atoms with Crippen molar-refractivity contribution in [2.45, 2.75) is 0 Å². The average Bonchev–Trinajstić information content (AvgIpc) is 3.22. The van der Waals surface area contributed by atoms with Crippen LogP contribution in [0.5, 0.6) is 17.2 Å². The topological polar surface area (TPSA) is 114 Å². The normalized spacial score (nSPS) is 10.8. The molecule has 0 radical (unpaired) electrons. The van der Waals surface area contributed by atoms with Gasteiger partial charge in [-0.05, 0) is 41.5 Å². The van der Waals surface area contributed by atoms with Crippen LogP contribution in [0.25, 0.3) is 33.3 Å². The van der Waals surface area contributed by atoms with Crippen LogP contribution >= 0.6 is 0 Å². The van der Waals surface area contributed by atoms with E-state index in [0.29, 0.717) is 34.0 Å². The number of H-pyrrole nitrogens is 1. The van der Waals surface area contributed by atoms with E-state index in [4.69, 9.17) is 19.9 Å². The van der Waals surface area contributed by atoms with Gasteiger partial charge in [-0.25, -0.2) is 9.71 Å². The molecule has 0 spiro atoms. The molecule has 0 fully saturated rings. The number of amides is 1. The van der Waals surface area contributed by atoms with Gasteiger partial charge in [-0.3, -0.25) is 4.79 Å². The van der Waals surface area contributed by atoms with Gasteiger partial charge >= 0.3 is 0 Å². The average molecular weight is 419 g/mol. The third-order valence-corrected chi connectivity index (χ3v) is 5.15. The van der Waals surface area contributed by atoms with Crippen molar-refractivity contribution in [3.8, 4) is 39.5 Å². The molecule has 4 rings (SSSR count). The van der Waals surface area contributed by atoms with Crippen molar-refractivity contribution in [2.24, 2.45) is 5.73 Å². The second-order valence-electron chi connectivity index (χ2n) is 6.87. The van der Waals surface area contributed by atoms with E-state index in [-0.39, 0.29) is 0 Å². The van der Waals surface area contributed by atoms with Gasteiger partial charge < -0.3 is 25.2 Å². The summed E-state index contributed by atoms with van der Waals surface area (Å²) in [6.45, 7) is 0. The highest BCUT2D eigenvalue weighted by Gasteiger charge is 2.18. The first-order valence-electron chi connectivity index (χ1n) is 9.41. The van der Waals surface area contributed by atoms with Crippen LogP contribution in [0.1, 0.15) is 10.4 Å². The summed E-state index contributed by atoms with van der Waals surface area (Å²) in [5, 5.41) is 13.5. The van der Waals surface area contributed by atoms with E-state index >= 15 is 0 Å². The predicted molar refractivity (Wildman–Crippen MR) is 116 cm³/mol. The molecule has 0 atom stereocenters. The molecule has 0 aliphatic heterocycles. The van der Waals surface area contributed by atoms with Gasteiger partial charge in [0.25, 0.3) is 5.65 Å². The van der Waals surface area contributed by atoms with E-state index in [1.807, 2.05) is 6.07 Å². The van der Waals surface area contributed by atoms with Crippen LogP contribution in [0.15, 0.2) is 54.9 Å². The van der Waals surface area contributed by atoms with Gasteiger partial charge in [-0.1, -0.05) is 12.1 Å². The van der Waals surface area contributed by atoms with E-state index in [2.05, 4.69) is 4.98 Å². The second-order valence-corrected chi connectivity index (χ2v) is 6.87. The second kappa shape index (κ2) is 7.91. The number of methoxy groups -OCH3 is 3. The van der Waals surface area contributed by atoms with Crippen LogP contribution in [-0.2, 0) is 0 Å². The maximum Gasteiger partial charge on any atom is 0.290 e. The Morgan fingerprint density at radius 1 is 0.935 bits per heavy atom. The van der Waals surface area contributed by atoms with Crippen molar-refractivity contribution in [2.75, 3.05) is 21.3 Å². The number of carbonyl (C=O) groups excluding carboxylic acids is 1. The van der Waals surface area contributed by atoms with Gasteiger partial charge in [0, 0.05) is 16.7 Å². The maximum atomic E-state index is 12.7. The molecule has 3 N–H and O–H groups in total. The molecule has 0 unspecified atom stereocenters. The van der Waals surface area contributed by atoms with Crippen LogP contribution in [0.4, 0.5) is 0 Å². The minimum atomic E-state index is -0.493. The number of hydrogen-bond donors (Lipinski definition) is 2. The Bertz CT molecular complexity index is 1250. The van der Waals surface area contributed by atoms with Crippen LogP contribution in [0, 0.1) is 5.21 Å². The quantitative estimate of drug-likeness (QED) is 0.368. The third kappa shape index (κ3) is 3.48. The molecular weight excluding hydrogens is 398 g/mol. The zero-order chi connectivity index (χ0) is 22.1. The number of carbonyl (C=O) groups is 1. The SMILES string of the molecule is COc1cc(-c2cc3c(-c4ccc(C(N)=O)cc4)c[nH]c3[n+]([O-])c2)cc(OC)c1OC. The Morgan fingerprint density at radius 2 is 1.58 bits per heavy atom. The summed E-state index contributed by atoms with van der Waals surface area (Å²) in [6.07, 6.45) is 3.25.